The molecule has 1 saturated carbocycles. The minimum absolute atomic E-state index is 0.130. The third-order valence-electron chi connectivity index (χ3n) is 5.15. The fourth-order valence-corrected chi connectivity index (χ4v) is 3.31. The van der Waals surface area contributed by atoms with Crippen molar-refractivity contribution in [2.75, 3.05) is 0 Å². The second-order valence-electron chi connectivity index (χ2n) is 7.67. The minimum atomic E-state index is -4.77. The van der Waals surface area contributed by atoms with Crippen molar-refractivity contribution in [1.29, 1.82) is 0 Å². The van der Waals surface area contributed by atoms with Gasteiger partial charge in [-0.2, -0.15) is 5.10 Å². The Labute approximate surface area is 176 Å². The summed E-state index contributed by atoms with van der Waals surface area (Å²) in [6.07, 6.45) is -2.07. The molecule has 1 aromatic heterocycles. The SMILES string of the molecule is Cc1cc(C(F)=Cc2ccc(OC(F)(F)F)cc2)nn1Cc1cccc(C2(O)CC2)c1. The maximum Gasteiger partial charge on any atom is 0.573 e. The van der Waals surface area contributed by atoms with Crippen molar-refractivity contribution in [3.05, 3.63) is 82.7 Å². The molecular weight excluding hydrogens is 412 g/mol. The first-order valence-electron chi connectivity index (χ1n) is 9.71. The van der Waals surface area contributed by atoms with E-state index in [4.69, 9.17) is 0 Å². The summed E-state index contributed by atoms with van der Waals surface area (Å²) in [5.41, 5.74) is 2.35. The second-order valence-corrected chi connectivity index (χ2v) is 7.67. The molecule has 162 valence electrons. The molecule has 1 heterocycles. The Morgan fingerprint density at radius 3 is 2.52 bits per heavy atom. The Morgan fingerprint density at radius 2 is 1.87 bits per heavy atom. The van der Waals surface area contributed by atoms with E-state index in [1.54, 1.807) is 10.7 Å². The van der Waals surface area contributed by atoms with Crippen LogP contribution in [0.3, 0.4) is 0 Å². The number of hydrogen-bond acceptors (Lipinski definition) is 3. The van der Waals surface area contributed by atoms with Gasteiger partial charge in [0.05, 0.1) is 12.1 Å². The Bertz CT molecular complexity index is 1110. The smallest absolute Gasteiger partial charge is 0.406 e. The molecule has 4 rings (SSSR count). The number of rotatable bonds is 6. The number of nitrogens with zero attached hydrogens (tertiary/aromatic N) is 2. The first-order chi connectivity index (χ1) is 14.6. The van der Waals surface area contributed by atoms with Crippen LogP contribution in [0, 0.1) is 6.92 Å². The van der Waals surface area contributed by atoms with Gasteiger partial charge in [-0.15, -0.1) is 13.2 Å². The number of halogens is 4. The summed E-state index contributed by atoms with van der Waals surface area (Å²) >= 11 is 0. The van der Waals surface area contributed by atoms with E-state index in [1.165, 1.54) is 18.2 Å². The first kappa shape index (κ1) is 21.1. The molecule has 0 saturated heterocycles. The number of aromatic nitrogens is 2. The quantitative estimate of drug-likeness (QED) is 0.517. The van der Waals surface area contributed by atoms with Crippen molar-refractivity contribution in [2.45, 2.75) is 38.3 Å². The van der Waals surface area contributed by atoms with Crippen LogP contribution in [-0.2, 0) is 12.1 Å². The molecule has 0 unspecified atom stereocenters. The summed E-state index contributed by atoms with van der Waals surface area (Å²) < 4.78 is 56.9. The molecule has 4 nitrogen and oxygen atoms in total. The van der Waals surface area contributed by atoms with Gasteiger partial charge in [0.1, 0.15) is 11.4 Å². The topological polar surface area (TPSA) is 47.3 Å². The molecule has 0 amide bonds. The normalized spacial score (nSPS) is 15.7. The van der Waals surface area contributed by atoms with Gasteiger partial charge < -0.3 is 9.84 Å². The number of aliphatic hydroxyl groups is 1. The maximum absolute atomic E-state index is 14.7. The van der Waals surface area contributed by atoms with Gasteiger partial charge in [0.15, 0.2) is 5.83 Å². The van der Waals surface area contributed by atoms with Gasteiger partial charge in [-0.3, -0.25) is 4.68 Å². The van der Waals surface area contributed by atoms with Crippen LogP contribution >= 0.6 is 0 Å². The first-order valence-corrected chi connectivity index (χ1v) is 9.71. The number of aryl methyl sites for hydroxylation is 1. The number of hydrogen-bond donors (Lipinski definition) is 1. The molecule has 1 fully saturated rings. The lowest BCUT2D eigenvalue weighted by Gasteiger charge is -2.11. The minimum Gasteiger partial charge on any atom is -0.406 e. The average Bonchev–Trinajstić information content (AvgIpc) is 3.36. The van der Waals surface area contributed by atoms with Crippen LogP contribution in [0.1, 0.15) is 40.9 Å². The van der Waals surface area contributed by atoms with Gasteiger partial charge in [0.2, 0.25) is 0 Å². The predicted molar refractivity (Wildman–Crippen MR) is 108 cm³/mol. The second kappa shape index (κ2) is 7.85. The Hall–Kier alpha value is -3.13. The number of benzene rings is 2. The Balaban J connectivity index is 1.49. The molecule has 0 radical (unpaired) electrons. The monoisotopic (exact) mass is 432 g/mol. The van der Waals surface area contributed by atoms with Crippen LogP contribution in [0.4, 0.5) is 17.6 Å². The van der Waals surface area contributed by atoms with E-state index < -0.39 is 17.8 Å². The van der Waals surface area contributed by atoms with Crippen molar-refractivity contribution >= 4 is 11.9 Å². The maximum atomic E-state index is 14.7. The standard InChI is InChI=1S/C23H20F4N2O2/c1-15-11-21(20(24)13-16-5-7-19(8-6-16)31-23(25,26)27)28-29(15)14-17-3-2-4-18(12-17)22(30)9-10-22/h2-8,11-13,30H,9-10,14H2,1H3. The van der Waals surface area contributed by atoms with E-state index in [1.807, 2.05) is 31.2 Å². The number of alkyl halides is 3. The fraction of sp³-hybridized carbons (Fsp3) is 0.261. The van der Waals surface area contributed by atoms with Gasteiger partial charge in [-0.05, 0) is 60.7 Å². The van der Waals surface area contributed by atoms with Crippen molar-refractivity contribution in [2.24, 2.45) is 0 Å². The zero-order valence-electron chi connectivity index (χ0n) is 16.7. The van der Waals surface area contributed by atoms with E-state index in [0.717, 1.165) is 41.8 Å². The van der Waals surface area contributed by atoms with Gasteiger partial charge in [-0.25, -0.2) is 4.39 Å². The van der Waals surface area contributed by atoms with E-state index >= 15 is 0 Å². The molecule has 1 aliphatic carbocycles. The lowest BCUT2D eigenvalue weighted by molar-refractivity contribution is -0.274. The average molecular weight is 432 g/mol. The highest BCUT2D eigenvalue weighted by Gasteiger charge is 2.42. The van der Waals surface area contributed by atoms with Crippen LogP contribution in [0.2, 0.25) is 0 Å². The third kappa shape index (κ3) is 5.14. The fourth-order valence-electron chi connectivity index (χ4n) is 3.31. The molecular formula is C23H20F4N2O2. The summed E-state index contributed by atoms with van der Waals surface area (Å²) in [7, 11) is 0. The zero-order chi connectivity index (χ0) is 22.2. The van der Waals surface area contributed by atoms with Crippen LogP contribution in [-0.4, -0.2) is 21.2 Å². The summed E-state index contributed by atoms with van der Waals surface area (Å²) in [5.74, 6) is -0.976. The summed E-state index contributed by atoms with van der Waals surface area (Å²) in [5, 5.41) is 14.6. The van der Waals surface area contributed by atoms with Crippen molar-refractivity contribution in [1.82, 2.24) is 9.78 Å². The zero-order valence-corrected chi connectivity index (χ0v) is 16.7. The van der Waals surface area contributed by atoms with E-state index in [0.29, 0.717) is 12.1 Å². The summed E-state index contributed by atoms with van der Waals surface area (Å²) in [4.78, 5) is 0. The number of ether oxygens (including phenoxy) is 1. The molecule has 1 N–H and O–H groups in total. The van der Waals surface area contributed by atoms with Gasteiger partial charge in [0, 0.05) is 5.69 Å². The highest BCUT2D eigenvalue weighted by molar-refractivity contribution is 5.75. The van der Waals surface area contributed by atoms with Crippen LogP contribution < -0.4 is 4.74 Å². The van der Waals surface area contributed by atoms with Gasteiger partial charge in [-0.1, -0.05) is 36.4 Å². The van der Waals surface area contributed by atoms with Crippen molar-refractivity contribution in [3.63, 3.8) is 0 Å². The van der Waals surface area contributed by atoms with Crippen molar-refractivity contribution < 1.29 is 27.4 Å². The largest absolute Gasteiger partial charge is 0.573 e. The molecule has 2 aromatic carbocycles. The van der Waals surface area contributed by atoms with Crippen LogP contribution in [0.5, 0.6) is 5.75 Å². The molecule has 3 aromatic rings. The Kier molecular flexibility index (Phi) is 5.35. The van der Waals surface area contributed by atoms with Gasteiger partial charge >= 0.3 is 6.36 Å². The molecule has 31 heavy (non-hydrogen) atoms. The van der Waals surface area contributed by atoms with Crippen LogP contribution in [0.15, 0.2) is 54.6 Å². The lowest BCUT2D eigenvalue weighted by atomic mass is 10.0. The molecule has 0 atom stereocenters. The Morgan fingerprint density at radius 1 is 1.16 bits per heavy atom. The molecule has 0 spiro atoms. The molecule has 0 bridgehead atoms. The van der Waals surface area contributed by atoms with Crippen LogP contribution in [0.25, 0.3) is 11.9 Å². The van der Waals surface area contributed by atoms with E-state index in [9.17, 15) is 22.7 Å². The third-order valence-corrected chi connectivity index (χ3v) is 5.15. The van der Waals surface area contributed by atoms with E-state index in [2.05, 4.69) is 9.84 Å². The molecule has 0 aliphatic heterocycles. The summed E-state index contributed by atoms with van der Waals surface area (Å²) in [6, 6.07) is 14.1. The predicted octanol–water partition coefficient (Wildman–Crippen LogP) is 5.59. The highest BCUT2D eigenvalue weighted by Crippen LogP contribution is 2.45. The van der Waals surface area contributed by atoms with E-state index in [-0.39, 0.29) is 11.4 Å². The highest BCUT2D eigenvalue weighted by atomic mass is 19.4. The molecule has 1 aliphatic rings. The van der Waals surface area contributed by atoms with Gasteiger partial charge in [0.25, 0.3) is 0 Å². The van der Waals surface area contributed by atoms with Crippen molar-refractivity contribution in [3.8, 4) is 5.75 Å². The lowest BCUT2D eigenvalue weighted by Crippen LogP contribution is -2.16. The summed E-state index contributed by atoms with van der Waals surface area (Å²) in [6.45, 7) is 2.23. The molecule has 8 heteroatoms.